The summed E-state index contributed by atoms with van der Waals surface area (Å²) in [4.78, 5) is 31.3. The lowest BCUT2D eigenvalue weighted by molar-refractivity contribution is -0.150. The van der Waals surface area contributed by atoms with E-state index < -0.39 is 30.0 Å². The summed E-state index contributed by atoms with van der Waals surface area (Å²) >= 11 is 3.72. The molecule has 0 aromatic carbocycles. The third kappa shape index (κ3) is 3.49. The van der Waals surface area contributed by atoms with E-state index in [0.29, 0.717) is 0 Å². The smallest absolute Gasteiger partial charge is 0.372 e. The molecule has 0 saturated heterocycles. The van der Waals surface area contributed by atoms with E-state index in [9.17, 15) is 14.4 Å². The number of hydrogen-bond acceptors (Lipinski definition) is 5. The Hall–Kier alpha value is -0.880. The van der Waals surface area contributed by atoms with E-state index in [0.717, 1.165) is 0 Å². The molecule has 0 radical (unpaired) electrons. The van der Waals surface area contributed by atoms with Crippen LogP contribution in [0.15, 0.2) is 0 Å². The van der Waals surface area contributed by atoms with Gasteiger partial charge in [-0.3, -0.25) is 9.59 Å². The van der Waals surface area contributed by atoms with E-state index in [-0.39, 0.29) is 5.75 Å². The van der Waals surface area contributed by atoms with Gasteiger partial charge in [0.05, 0.1) is 12.5 Å². The molecule has 0 saturated carbocycles. The van der Waals surface area contributed by atoms with E-state index in [1.54, 1.807) is 0 Å². The molecule has 0 aromatic rings. The average molecular weight is 191 g/mol. The number of carbonyl (C=O) groups is 3. The number of Topliss-reactive ketones (excluding diaryl/α,β-unsaturated/α-hetero) is 2. The maximum atomic E-state index is 10.8. The Morgan fingerprint density at radius 3 is 2.25 bits per heavy atom. The minimum absolute atomic E-state index is 0.103. The summed E-state index contributed by atoms with van der Waals surface area (Å²) in [6.45, 7) is 0. The van der Waals surface area contributed by atoms with Crippen molar-refractivity contribution in [1.82, 2.24) is 0 Å². The standard InChI is InChI=1S/C6H9NO4S/c7-3(2-12)4(8)1-5(9)6(10)11/h3,12H,1-2,7H2,(H,10,11)/t3-/m0/s1. The van der Waals surface area contributed by atoms with Gasteiger partial charge in [-0.25, -0.2) is 4.79 Å². The number of aliphatic carboxylic acids is 1. The second kappa shape index (κ2) is 4.89. The van der Waals surface area contributed by atoms with Crippen molar-refractivity contribution >= 4 is 30.2 Å². The van der Waals surface area contributed by atoms with E-state index in [1.165, 1.54) is 0 Å². The summed E-state index contributed by atoms with van der Waals surface area (Å²) in [7, 11) is 0. The van der Waals surface area contributed by atoms with Gasteiger partial charge < -0.3 is 10.8 Å². The molecule has 0 fully saturated rings. The first-order valence-electron chi connectivity index (χ1n) is 3.14. The van der Waals surface area contributed by atoms with Gasteiger partial charge in [-0.1, -0.05) is 0 Å². The Kier molecular flexibility index (Phi) is 4.53. The third-order valence-corrected chi connectivity index (χ3v) is 1.58. The highest BCUT2D eigenvalue weighted by molar-refractivity contribution is 7.80. The van der Waals surface area contributed by atoms with Crippen molar-refractivity contribution in [3.8, 4) is 0 Å². The predicted molar refractivity (Wildman–Crippen MR) is 44.1 cm³/mol. The second-order valence-electron chi connectivity index (χ2n) is 2.16. The summed E-state index contributed by atoms with van der Waals surface area (Å²) in [6.07, 6.45) is -0.656. The molecule has 0 amide bonds. The lowest BCUT2D eigenvalue weighted by Crippen LogP contribution is -2.34. The van der Waals surface area contributed by atoms with Crippen LogP contribution in [0.3, 0.4) is 0 Å². The molecule has 68 valence electrons. The summed E-state index contributed by atoms with van der Waals surface area (Å²) in [6, 6.07) is -0.864. The van der Waals surface area contributed by atoms with Crippen LogP contribution in [-0.4, -0.2) is 34.4 Å². The molecule has 0 unspecified atom stereocenters. The van der Waals surface area contributed by atoms with Gasteiger partial charge in [-0.15, -0.1) is 0 Å². The van der Waals surface area contributed by atoms with Crippen LogP contribution in [-0.2, 0) is 14.4 Å². The fourth-order valence-electron chi connectivity index (χ4n) is 0.467. The highest BCUT2D eigenvalue weighted by Gasteiger charge is 2.20. The summed E-state index contributed by atoms with van der Waals surface area (Å²) in [5.41, 5.74) is 5.19. The fourth-order valence-corrected chi connectivity index (χ4v) is 0.670. The molecule has 12 heavy (non-hydrogen) atoms. The number of hydrogen-bond donors (Lipinski definition) is 3. The van der Waals surface area contributed by atoms with Crippen molar-refractivity contribution in [2.45, 2.75) is 12.5 Å². The molecule has 0 heterocycles. The van der Waals surface area contributed by atoms with Crippen LogP contribution < -0.4 is 5.73 Å². The first-order valence-corrected chi connectivity index (χ1v) is 3.77. The Balaban J connectivity index is 4.01. The Morgan fingerprint density at radius 1 is 1.42 bits per heavy atom. The van der Waals surface area contributed by atoms with Crippen molar-refractivity contribution in [1.29, 1.82) is 0 Å². The van der Waals surface area contributed by atoms with Crippen LogP contribution in [0.5, 0.6) is 0 Å². The van der Waals surface area contributed by atoms with Gasteiger partial charge in [0.15, 0.2) is 5.78 Å². The van der Waals surface area contributed by atoms with E-state index >= 15 is 0 Å². The second-order valence-corrected chi connectivity index (χ2v) is 2.53. The first-order chi connectivity index (χ1) is 5.49. The largest absolute Gasteiger partial charge is 0.475 e. The molecule has 5 nitrogen and oxygen atoms in total. The van der Waals surface area contributed by atoms with Gasteiger partial charge in [-0.05, 0) is 0 Å². The van der Waals surface area contributed by atoms with Crippen molar-refractivity contribution in [3.05, 3.63) is 0 Å². The van der Waals surface area contributed by atoms with E-state index in [2.05, 4.69) is 12.6 Å². The number of rotatable bonds is 5. The normalized spacial score (nSPS) is 12.2. The van der Waals surface area contributed by atoms with Gasteiger partial charge in [0.25, 0.3) is 0 Å². The van der Waals surface area contributed by atoms with Crippen LogP contribution in [0.2, 0.25) is 0 Å². The zero-order chi connectivity index (χ0) is 9.72. The van der Waals surface area contributed by atoms with Gasteiger partial charge in [0.2, 0.25) is 5.78 Å². The van der Waals surface area contributed by atoms with Gasteiger partial charge in [0.1, 0.15) is 0 Å². The number of thiol groups is 1. The zero-order valence-corrected chi connectivity index (χ0v) is 7.08. The molecule has 0 aromatic heterocycles. The monoisotopic (exact) mass is 191 g/mol. The number of carbonyl (C=O) groups excluding carboxylic acids is 2. The Labute approximate surface area is 74.3 Å². The van der Waals surface area contributed by atoms with Crippen LogP contribution in [0, 0.1) is 0 Å². The number of carboxylic acids is 1. The van der Waals surface area contributed by atoms with Crippen LogP contribution >= 0.6 is 12.6 Å². The first kappa shape index (κ1) is 11.1. The fraction of sp³-hybridized carbons (Fsp3) is 0.500. The average Bonchev–Trinajstić information content (AvgIpc) is 2.02. The SMILES string of the molecule is N[C@@H](CS)C(=O)CC(=O)C(=O)O. The Bertz CT molecular complexity index is 216. The molecule has 0 spiro atoms. The third-order valence-electron chi connectivity index (χ3n) is 1.18. The van der Waals surface area contributed by atoms with Crippen molar-refractivity contribution in [3.63, 3.8) is 0 Å². The van der Waals surface area contributed by atoms with Gasteiger partial charge in [0, 0.05) is 5.75 Å². The number of carboxylic acid groups (broad SMARTS) is 1. The molecule has 0 aliphatic carbocycles. The summed E-state index contributed by atoms with van der Waals surface area (Å²) in [5, 5.41) is 8.12. The summed E-state index contributed by atoms with van der Waals surface area (Å²) < 4.78 is 0. The lowest BCUT2D eigenvalue weighted by atomic mass is 10.1. The molecule has 1 atom stereocenters. The van der Waals surface area contributed by atoms with Crippen LogP contribution in [0.25, 0.3) is 0 Å². The number of ketones is 2. The maximum absolute atomic E-state index is 10.8. The molecule has 0 rings (SSSR count). The molecule has 0 bridgehead atoms. The highest BCUT2D eigenvalue weighted by atomic mass is 32.1. The molecular formula is C6H9NO4S. The molecule has 3 N–H and O–H groups in total. The quantitative estimate of drug-likeness (QED) is 0.290. The number of nitrogens with two attached hydrogens (primary N) is 1. The topological polar surface area (TPSA) is 97.5 Å². The molecular weight excluding hydrogens is 182 g/mol. The predicted octanol–water partition coefficient (Wildman–Crippen LogP) is -1.14. The summed E-state index contributed by atoms with van der Waals surface area (Å²) in [5.74, 6) is -3.25. The molecule has 6 heteroatoms. The Morgan fingerprint density at radius 2 is 1.92 bits per heavy atom. The zero-order valence-electron chi connectivity index (χ0n) is 6.19. The minimum atomic E-state index is -1.62. The van der Waals surface area contributed by atoms with E-state index in [1.807, 2.05) is 0 Å². The van der Waals surface area contributed by atoms with Gasteiger partial charge in [-0.2, -0.15) is 12.6 Å². The lowest BCUT2D eigenvalue weighted by Gasteiger charge is -2.03. The van der Waals surface area contributed by atoms with Crippen LogP contribution in [0.1, 0.15) is 6.42 Å². The van der Waals surface area contributed by atoms with Crippen molar-refractivity contribution < 1.29 is 19.5 Å². The van der Waals surface area contributed by atoms with Gasteiger partial charge >= 0.3 is 5.97 Å². The molecule has 0 aliphatic rings. The minimum Gasteiger partial charge on any atom is -0.475 e. The van der Waals surface area contributed by atoms with Crippen molar-refractivity contribution in [2.24, 2.45) is 5.73 Å². The van der Waals surface area contributed by atoms with Crippen LogP contribution in [0.4, 0.5) is 0 Å². The maximum Gasteiger partial charge on any atom is 0.372 e. The highest BCUT2D eigenvalue weighted by Crippen LogP contribution is 1.93. The molecule has 0 aliphatic heterocycles. The van der Waals surface area contributed by atoms with Crippen molar-refractivity contribution in [2.75, 3.05) is 5.75 Å². The van der Waals surface area contributed by atoms with E-state index in [4.69, 9.17) is 10.8 Å².